The van der Waals surface area contributed by atoms with Crippen LogP contribution in [0.15, 0.2) is 6.20 Å². The predicted molar refractivity (Wildman–Crippen MR) is 87.0 cm³/mol. The van der Waals surface area contributed by atoms with E-state index in [0.29, 0.717) is 11.8 Å². The molecule has 1 saturated heterocycles. The topological polar surface area (TPSA) is 41.1 Å². The average Bonchev–Trinajstić information content (AvgIpc) is 2.56. The zero-order chi connectivity index (χ0) is 14.7. The molecule has 0 amide bonds. The zero-order valence-electron chi connectivity index (χ0n) is 13.4. The predicted octanol–water partition coefficient (Wildman–Crippen LogP) is 3.06. The van der Waals surface area contributed by atoms with Gasteiger partial charge in [0.05, 0.1) is 17.6 Å². The van der Waals surface area contributed by atoms with Crippen molar-refractivity contribution in [3.05, 3.63) is 17.7 Å². The summed E-state index contributed by atoms with van der Waals surface area (Å²) in [5, 5.41) is 3.43. The number of hydrogen-bond donors (Lipinski definition) is 1. The molecule has 3 rings (SSSR count). The van der Waals surface area contributed by atoms with Crippen LogP contribution in [0, 0.1) is 0 Å². The van der Waals surface area contributed by atoms with Crippen molar-refractivity contribution in [2.75, 3.05) is 31.1 Å². The van der Waals surface area contributed by atoms with Crippen LogP contribution >= 0.6 is 0 Å². The highest BCUT2D eigenvalue weighted by molar-refractivity contribution is 5.51. The van der Waals surface area contributed by atoms with Gasteiger partial charge < -0.3 is 10.2 Å². The summed E-state index contributed by atoms with van der Waals surface area (Å²) in [6.45, 7) is 8.65. The minimum Gasteiger partial charge on any atom is -0.366 e. The van der Waals surface area contributed by atoms with Crippen molar-refractivity contribution in [3.8, 4) is 0 Å². The molecule has 2 aliphatic rings. The van der Waals surface area contributed by atoms with Crippen LogP contribution in [0.3, 0.4) is 0 Å². The maximum atomic E-state index is 5.00. The van der Waals surface area contributed by atoms with Crippen LogP contribution < -0.4 is 10.2 Å². The summed E-state index contributed by atoms with van der Waals surface area (Å²) in [4.78, 5) is 12.1. The van der Waals surface area contributed by atoms with Crippen LogP contribution in [-0.2, 0) is 0 Å². The Labute approximate surface area is 128 Å². The molecule has 4 nitrogen and oxygen atoms in total. The van der Waals surface area contributed by atoms with E-state index in [1.165, 1.54) is 43.5 Å². The van der Waals surface area contributed by atoms with E-state index in [1.807, 2.05) is 0 Å². The van der Waals surface area contributed by atoms with Gasteiger partial charge in [0.15, 0.2) is 0 Å². The van der Waals surface area contributed by atoms with Crippen molar-refractivity contribution < 1.29 is 0 Å². The molecule has 1 N–H and O–H groups in total. The Hall–Kier alpha value is -1.16. The lowest BCUT2D eigenvalue weighted by atomic mass is 9.86. The second-order valence-corrected chi connectivity index (χ2v) is 6.73. The van der Waals surface area contributed by atoms with Crippen molar-refractivity contribution >= 4 is 5.69 Å². The summed E-state index contributed by atoms with van der Waals surface area (Å²) in [5.41, 5.74) is 2.63. The summed E-state index contributed by atoms with van der Waals surface area (Å²) in [7, 11) is 0. The second kappa shape index (κ2) is 6.73. The largest absolute Gasteiger partial charge is 0.366 e. The molecule has 0 radical (unpaired) electrons. The van der Waals surface area contributed by atoms with Gasteiger partial charge in [0.25, 0.3) is 0 Å². The first-order valence-corrected chi connectivity index (χ1v) is 8.58. The van der Waals surface area contributed by atoms with E-state index in [9.17, 15) is 0 Å². The summed E-state index contributed by atoms with van der Waals surface area (Å²) in [6.07, 6.45) is 8.79. The lowest BCUT2D eigenvalue weighted by Gasteiger charge is -2.33. The Bertz CT molecular complexity index is 460. The standard InChI is InChI=1S/C17H28N4/c1-13(2)17-19-12-15(21-10-8-18-9-11-21)16(20-17)14-6-4-3-5-7-14/h12-14,18H,3-11H2,1-2H3. The molecule has 1 saturated carbocycles. The number of anilines is 1. The molecule has 0 unspecified atom stereocenters. The Morgan fingerprint density at radius 3 is 2.52 bits per heavy atom. The average molecular weight is 288 g/mol. The number of piperazine rings is 1. The van der Waals surface area contributed by atoms with Crippen LogP contribution in [0.1, 0.15) is 69.3 Å². The molecule has 4 heteroatoms. The Morgan fingerprint density at radius 2 is 1.86 bits per heavy atom. The summed E-state index contributed by atoms with van der Waals surface area (Å²) in [6, 6.07) is 0. The molecule has 1 aliphatic carbocycles. The summed E-state index contributed by atoms with van der Waals surface area (Å²) < 4.78 is 0. The van der Waals surface area contributed by atoms with Crippen LogP contribution in [0.4, 0.5) is 5.69 Å². The van der Waals surface area contributed by atoms with E-state index in [-0.39, 0.29) is 0 Å². The molecule has 0 bridgehead atoms. The van der Waals surface area contributed by atoms with E-state index >= 15 is 0 Å². The van der Waals surface area contributed by atoms with Crippen molar-refractivity contribution in [1.82, 2.24) is 15.3 Å². The second-order valence-electron chi connectivity index (χ2n) is 6.73. The van der Waals surface area contributed by atoms with Gasteiger partial charge in [-0.1, -0.05) is 33.1 Å². The van der Waals surface area contributed by atoms with Gasteiger partial charge in [-0.2, -0.15) is 0 Å². The van der Waals surface area contributed by atoms with Gasteiger partial charge in [0, 0.05) is 38.0 Å². The Balaban J connectivity index is 1.92. The van der Waals surface area contributed by atoms with Gasteiger partial charge >= 0.3 is 0 Å². The third kappa shape index (κ3) is 3.37. The van der Waals surface area contributed by atoms with Crippen molar-refractivity contribution in [2.24, 2.45) is 0 Å². The third-order valence-electron chi connectivity index (χ3n) is 4.78. The number of nitrogens with one attached hydrogen (secondary N) is 1. The first kappa shape index (κ1) is 14.8. The first-order valence-electron chi connectivity index (χ1n) is 8.58. The SMILES string of the molecule is CC(C)c1ncc(N2CCNCC2)c(C2CCCCC2)n1. The van der Waals surface area contributed by atoms with Gasteiger partial charge in [0.1, 0.15) is 5.82 Å². The molecular weight excluding hydrogens is 260 g/mol. The third-order valence-corrected chi connectivity index (χ3v) is 4.78. The highest BCUT2D eigenvalue weighted by Crippen LogP contribution is 2.36. The smallest absolute Gasteiger partial charge is 0.131 e. The lowest BCUT2D eigenvalue weighted by Crippen LogP contribution is -2.44. The summed E-state index contributed by atoms with van der Waals surface area (Å²) in [5.74, 6) is 2.06. The number of hydrogen-bond acceptors (Lipinski definition) is 4. The Kier molecular flexibility index (Phi) is 4.73. The monoisotopic (exact) mass is 288 g/mol. The highest BCUT2D eigenvalue weighted by Gasteiger charge is 2.24. The number of nitrogens with zero attached hydrogens (tertiary/aromatic N) is 3. The molecule has 116 valence electrons. The van der Waals surface area contributed by atoms with E-state index in [1.54, 1.807) is 0 Å². The first-order chi connectivity index (χ1) is 10.3. The minimum absolute atomic E-state index is 0.407. The molecule has 2 fully saturated rings. The molecule has 0 aromatic carbocycles. The molecule has 21 heavy (non-hydrogen) atoms. The van der Waals surface area contributed by atoms with Gasteiger partial charge in [-0.15, -0.1) is 0 Å². The van der Waals surface area contributed by atoms with Gasteiger partial charge in [-0.3, -0.25) is 0 Å². The number of aromatic nitrogens is 2. The lowest BCUT2D eigenvalue weighted by molar-refractivity contribution is 0.433. The van der Waals surface area contributed by atoms with Crippen LogP contribution in [0.25, 0.3) is 0 Å². The van der Waals surface area contributed by atoms with E-state index in [2.05, 4.69) is 35.2 Å². The molecule has 1 aromatic heterocycles. The summed E-state index contributed by atoms with van der Waals surface area (Å²) >= 11 is 0. The van der Waals surface area contributed by atoms with E-state index < -0.39 is 0 Å². The maximum absolute atomic E-state index is 5.00. The van der Waals surface area contributed by atoms with Gasteiger partial charge in [0.2, 0.25) is 0 Å². The van der Waals surface area contributed by atoms with Gasteiger partial charge in [-0.05, 0) is 12.8 Å². The molecule has 0 atom stereocenters. The normalized spacial score (nSPS) is 21.0. The van der Waals surface area contributed by atoms with E-state index in [0.717, 1.165) is 32.0 Å². The fourth-order valence-corrected chi connectivity index (χ4v) is 3.51. The highest BCUT2D eigenvalue weighted by atomic mass is 15.2. The molecule has 2 heterocycles. The maximum Gasteiger partial charge on any atom is 0.131 e. The quantitative estimate of drug-likeness (QED) is 0.928. The van der Waals surface area contributed by atoms with E-state index in [4.69, 9.17) is 4.98 Å². The van der Waals surface area contributed by atoms with Crippen LogP contribution in [-0.4, -0.2) is 36.1 Å². The number of rotatable bonds is 3. The molecule has 1 aromatic rings. The van der Waals surface area contributed by atoms with Gasteiger partial charge in [-0.25, -0.2) is 9.97 Å². The van der Waals surface area contributed by atoms with Crippen LogP contribution in [0.2, 0.25) is 0 Å². The molecule has 0 spiro atoms. The Morgan fingerprint density at radius 1 is 1.14 bits per heavy atom. The molecule has 1 aliphatic heterocycles. The van der Waals surface area contributed by atoms with Crippen LogP contribution in [0.5, 0.6) is 0 Å². The molecular formula is C17H28N4. The van der Waals surface area contributed by atoms with Crippen molar-refractivity contribution in [3.63, 3.8) is 0 Å². The zero-order valence-corrected chi connectivity index (χ0v) is 13.4. The van der Waals surface area contributed by atoms with Crippen molar-refractivity contribution in [1.29, 1.82) is 0 Å². The fourth-order valence-electron chi connectivity index (χ4n) is 3.51. The minimum atomic E-state index is 0.407. The fraction of sp³-hybridized carbons (Fsp3) is 0.765. The van der Waals surface area contributed by atoms with Crippen molar-refractivity contribution in [2.45, 2.75) is 57.8 Å².